The Hall–Kier alpha value is -3.93. The molecule has 1 N–H and O–H groups in total. The van der Waals surface area contributed by atoms with E-state index in [1.807, 2.05) is 53.4 Å². The normalized spacial score (nSPS) is 14.0. The average molecular weight is 540 g/mol. The Kier molecular flexibility index (Phi) is 9.27. The number of benzene rings is 3. The molecule has 0 unspecified atom stereocenters. The molecule has 40 heavy (non-hydrogen) atoms. The number of carbonyl (C=O) groups is 1. The van der Waals surface area contributed by atoms with Gasteiger partial charge in [-0.2, -0.15) is 9.49 Å². The average Bonchev–Trinajstić information content (AvgIpc) is 3.67. The van der Waals surface area contributed by atoms with E-state index in [-0.39, 0.29) is 0 Å². The van der Waals surface area contributed by atoms with Crippen molar-refractivity contribution in [3.05, 3.63) is 95.4 Å². The second-order valence-corrected chi connectivity index (χ2v) is 10.5. The minimum absolute atomic E-state index is 0.315. The molecule has 2 heterocycles. The van der Waals surface area contributed by atoms with Crippen LogP contribution in [0.2, 0.25) is 0 Å². The van der Waals surface area contributed by atoms with Gasteiger partial charge < -0.3 is 9.64 Å². The van der Waals surface area contributed by atoms with Crippen LogP contribution in [0.25, 0.3) is 22.0 Å². The lowest BCUT2D eigenvalue weighted by atomic mass is 9.88. The summed E-state index contributed by atoms with van der Waals surface area (Å²) < 4.78 is 20.4. The molecule has 5 nitrogen and oxygen atoms in total. The van der Waals surface area contributed by atoms with Gasteiger partial charge in [-0.3, -0.25) is 9.89 Å². The number of aromatic nitrogens is 2. The zero-order valence-corrected chi connectivity index (χ0v) is 23.3. The Bertz CT molecular complexity index is 1440. The van der Waals surface area contributed by atoms with Gasteiger partial charge in [0.1, 0.15) is 5.75 Å². The van der Waals surface area contributed by atoms with Gasteiger partial charge in [0.15, 0.2) is 0 Å². The molecule has 1 fully saturated rings. The monoisotopic (exact) mass is 539 g/mol. The summed E-state index contributed by atoms with van der Waals surface area (Å²) >= 11 is 0. The number of fused-ring (bicyclic) bond motifs is 1. The number of carbonyl (C=O) groups excluding carboxylic acids is 1. The van der Waals surface area contributed by atoms with Crippen molar-refractivity contribution in [2.75, 3.05) is 19.7 Å². The molecular weight excluding hydrogens is 501 g/mol. The molecule has 1 saturated heterocycles. The number of aromatic amines is 1. The number of nitrogens with zero attached hydrogens (tertiary/aromatic N) is 2. The fourth-order valence-electron chi connectivity index (χ4n) is 5.58. The van der Waals surface area contributed by atoms with E-state index in [2.05, 4.69) is 41.4 Å². The van der Waals surface area contributed by atoms with Gasteiger partial charge in [0, 0.05) is 19.5 Å². The quantitative estimate of drug-likeness (QED) is 0.146. The van der Waals surface area contributed by atoms with E-state index >= 15 is 0 Å². The molecule has 1 aliphatic heterocycles. The molecule has 0 saturated carbocycles. The third-order valence-electron chi connectivity index (χ3n) is 7.73. The Morgan fingerprint density at radius 3 is 2.38 bits per heavy atom. The highest BCUT2D eigenvalue weighted by Gasteiger charge is 2.17. The number of hydrogen-bond acceptors (Lipinski definition) is 3. The van der Waals surface area contributed by atoms with Gasteiger partial charge in [0.25, 0.3) is 0 Å². The topological polar surface area (TPSA) is 58.2 Å². The van der Waals surface area contributed by atoms with Crippen molar-refractivity contribution in [3.8, 4) is 5.75 Å². The first kappa shape index (κ1) is 27.6. The number of unbranched alkanes of at least 4 members (excludes halogenated alkanes) is 3. The van der Waals surface area contributed by atoms with Crippen molar-refractivity contribution < 1.29 is 13.9 Å². The molecule has 0 spiro atoms. The second kappa shape index (κ2) is 13.4. The highest BCUT2D eigenvalue weighted by molar-refractivity contribution is 6.00. The first-order valence-corrected chi connectivity index (χ1v) is 14.6. The molecule has 6 heteroatoms. The standard InChI is InChI=1S/C34H38FN3O2/c1-2-29(25-12-6-5-7-13-25)33(27-17-20-31-30(24-27)34(35)37-36-31)26-15-18-28(19-16-26)40-23-11-4-3-8-14-32(39)38-21-9-10-22-38/h5-7,12-13,15-20,24H,2-4,8-11,14,21-23H2,1H3,(H,36,37)/b33-29+. The van der Waals surface area contributed by atoms with Gasteiger partial charge in [-0.1, -0.05) is 68.3 Å². The smallest absolute Gasteiger partial charge is 0.222 e. The van der Waals surface area contributed by atoms with Crippen LogP contribution in [0.5, 0.6) is 5.75 Å². The van der Waals surface area contributed by atoms with Crippen molar-refractivity contribution in [2.24, 2.45) is 0 Å². The summed E-state index contributed by atoms with van der Waals surface area (Å²) in [5, 5.41) is 6.99. The van der Waals surface area contributed by atoms with Crippen LogP contribution in [0.15, 0.2) is 72.8 Å². The van der Waals surface area contributed by atoms with Crippen LogP contribution in [-0.2, 0) is 4.79 Å². The van der Waals surface area contributed by atoms with E-state index < -0.39 is 5.95 Å². The summed E-state index contributed by atoms with van der Waals surface area (Å²) in [4.78, 5) is 14.2. The number of rotatable bonds is 12. The molecule has 0 bridgehead atoms. The maximum Gasteiger partial charge on any atom is 0.222 e. The van der Waals surface area contributed by atoms with Crippen LogP contribution in [0.1, 0.15) is 75.0 Å². The van der Waals surface area contributed by atoms with Gasteiger partial charge in [-0.25, -0.2) is 0 Å². The van der Waals surface area contributed by atoms with Gasteiger partial charge >= 0.3 is 0 Å². The molecule has 1 aliphatic rings. The van der Waals surface area contributed by atoms with Crippen LogP contribution < -0.4 is 4.74 Å². The molecule has 0 radical (unpaired) electrons. The second-order valence-electron chi connectivity index (χ2n) is 10.5. The Labute approximate surface area is 236 Å². The Balaban J connectivity index is 1.25. The van der Waals surface area contributed by atoms with Crippen LogP contribution in [0.3, 0.4) is 0 Å². The number of ether oxygens (including phenoxy) is 1. The highest BCUT2D eigenvalue weighted by Crippen LogP contribution is 2.36. The highest BCUT2D eigenvalue weighted by atomic mass is 19.1. The van der Waals surface area contributed by atoms with Gasteiger partial charge in [0.2, 0.25) is 11.9 Å². The summed E-state index contributed by atoms with van der Waals surface area (Å²) in [5.41, 5.74) is 6.03. The molecule has 0 aliphatic carbocycles. The van der Waals surface area contributed by atoms with Crippen molar-refractivity contribution >= 4 is 28.0 Å². The molecule has 208 valence electrons. The maximum absolute atomic E-state index is 14.4. The van der Waals surface area contributed by atoms with Crippen molar-refractivity contribution in [3.63, 3.8) is 0 Å². The minimum atomic E-state index is -0.420. The van der Waals surface area contributed by atoms with E-state index in [4.69, 9.17) is 4.74 Å². The van der Waals surface area contributed by atoms with Gasteiger partial charge in [-0.15, -0.1) is 0 Å². The first-order chi connectivity index (χ1) is 19.6. The van der Waals surface area contributed by atoms with E-state index in [9.17, 15) is 9.18 Å². The number of halogens is 1. The third kappa shape index (κ3) is 6.61. The third-order valence-corrected chi connectivity index (χ3v) is 7.73. The van der Waals surface area contributed by atoms with Crippen molar-refractivity contribution in [1.29, 1.82) is 0 Å². The number of amides is 1. The van der Waals surface area contributed by atoms with E-state index in [0.717, 1.165) is 86.0 Å². The number of nitrogens with one attached hydrogen (secondary N) is 1. The predicted octanol–water partition coefficient (Wildman–Crippen LogP) is 8.02. The Morgan fingerprint density at radius 2 is 1.62 bits per heavy atom. The van der Waals surface area contributed by atoms with E-state index in [1.54, 1.807) is 0 Å². The zero-order valence-electron chi connectivity index (χ0n) is 23.3. The molecule has 1 amide bonds. The van der Waals surface area contributed by atoms with Gasteiger partial charge in [0.05, 0.1) is 17.5 Å². The van der Waals surface area contributed by atoms with Crippen molar-refractivity contribution in [2.45, 2.75) is 58.3 Å². The predicted molar refractivity (Wildman–Crippen MR) is 160 cm³/mol. The lowest BCUT2D eigenvalue weighted by molar-refractivity contribution is -0.130. The van der Waals surface area contributed by atoms with Crippen LogP contribution in [0.4, 0.5) is 4.39 Å². The van der Waals surface area contributed by atoms with Crippen LogP contribution >= 0.6 is 0 Å². The maximum atomic E-state index is 14.4. The number of allylic oxidation sites excluding steroid dienone is 1. The molecule has 1 aromatic heterocycles. The lowest BCUT2D eigenvalue weighted by Gasteiger charge is -2.17. The summed E-state index contributed by atoms with van der Waals surface area (Å²) in [6.07, 6.45) is 7.82. The lowest BCUT2D eigenvalue weighted by Crippen LogP contribution is -2.27. The molecule has 3 aromatic carbocycles. The first-order valence-electron chi connectivity index (χ1n) is 14.6. The molecule has 5 rings (SSSR count). The number of likely N-dealkylation sites (tertiary alicyclic amines) is 1. The van der Waals surface area contributed by atoms with Crippen LogP contribution in [-0.4, -0.2) is 40.7 Å². The molecule has 4 aromatic rings. The largest absolute Gasteiger partial charge is 0.494 e. The number of hydrogen-bond donors (Lipinski definition) is 1. The molecule has 0 atom stereocenters. The fourth-order valence-corrected chi connectivity index (χ4v) is 5.58. The Morgan fingerprint density at radius 1 is 0.900 bits per heavy atom. The summed E-state index contributed by atoms with van der Waals surface area (Å²) in [7, 11) is 0. The summed E-state index contributed by atoms with van der Waals surface area (Å²) in [5.74, 6) is 0.730. The summed E-state index contributed by atoms with van der Waals surface area (Å²) in [6, 6.07) is 24.3. The number of H-pyrrole nitrogens is 1. The fraction of sp³-hybridized carbons (Fsp3) is 0.353. The van der Waals surface area contributed by atoms with Gasteiger partial charge in [-0.05, 0) is 84.2 Å². The van der Waals surface area contributed by atoms with E-state index in [0.29, 0.717) is 29.8 Å². The zero-order chi connectivity index (χ0) is 27.7. The molecular formula is C34H38FN3O2. The SMILES string of the molecule is CC/C(=C(/c1ccc(OCCCCCCC(=O)N2CCCC2)cc1)c1ccc2n[nH]c(F)c2c1)c1ccccc1. The van der Waals surface area contributed by atoms with E-state index in [1.165, 1.54) is 5.57 Å². The minimum Gasteiger partial charge on any atom is -0.494 e. The van der Waals surface area contributed by atoms with Crippen molar-refractivity contribution in [1.82, 2.24) is 15.1 Å². The summed E-state index contributed by atoms with van der Waals surface area (Å²) in [6.45, 7) is 4.68. The van der Waals surface area contributed by atoms with Crippen LogP contribution in [0, 0.1) is 5.95 Å².